The summed E-state index contributed by atoms with van der Waals surface area (Å²) in [6.45, 7) is 1.97. The minimum atomic E-state index is -0.839. The van der Waals surface area contributed by atoms with E-state index < -0.39 is 12.0 Å². The van der Waals surface area contributed by atoms with Gasteiger partial charge >= 0.3 is 0 Å². The zero-order valence-corrected chi connectivity index (χ0v) is 15.9. The molecule has 2 saturated heterocycles. The second kappa shape index (κ2) is 6.87. The lowest BCUT2D eigenvalue weighted by Crippen LogP contribution is -2.37. The first-order valence-corrected chi connectivity index (χ1v) is 9.65. The van der Waals surface area contributed by atoms with Crippen LogP contribution >= 0.6 is 0 Å². The van der Waals surface area contributed by atoms with E-state index in [1.165, 1.54) is 4.90 Å². The van der Waals surface area contributed by atoms with Gasteiger partial charge < -0.3 is 0 Å². The minimum absolute atomic E-state index is 0.226. The van der Waals surface area contributed by atoms with Crippen LogP contribution in [0.5, 0.6) is 0 Å². The summed E-state index contributed by atoms with van der Waals surface area (Å²) in [6.07, 6.45) is -0.839. The third-order valence-electron chi connectivity index (χ3n) is 5.56. The Morgan fingerprint density at radius 3 is 2.00 bits per heavy atom. The summed E-state index contributed by atoms with van der Waals surface area (Å²) < 4.78 is 0. The summed E-state index contributed by atoms with van der Waals surface area (Å²) in [4.78, 5) is 34.0. The van der Waals surface area contributed by atoms with E-state index in [1.807, 2.05) is 79.7 Å². The van der Waals surface area contributed by atoms with Gasteiger partial charge in [0.05, 0.1) is 17.4 Å². The maximum absolute atomic E-state index is 13.4. The molecule has 0 aliphatic carbocycles. The predicted octanol–water partition coefficient (Wildman–Crippen LogP) is 4.05. The lowest BCUT2D eigenvalue weighted by molar-refractivity contribution is -0.126. The Hall–Kier alpha value is -3.44. The minimum Gasteiger partial charge on any atom is -0.273 e. The van der Waals surface area contributed by atoms with Crippen molar-refractivity contribution in [3.63, 3.8) is 0 Å². The molecule has 2 aliphatic heterocycles. The fourth-order valence-electron chi connectivity index (χ4n) is 4.15. The molecule has 2 fully saturated rings. The van der Waals surface area contributed by atoms with E-state index in [9.17, 15) is 9.59 Å². The summed E-state index contributed by atoms with van der Waals surface area (Å²) in [7, 11) is 0. The van der Waals surface area contributed by atoms with Gasteiger partial charge in [-0.2, -0.15) is 0 Å². The summed E-state index contributed by atoms with van der Waals surface area (Å²) in [6, 6.07) is 26.4. The smallest absolute Gasteiger partial charge is 0.266 e. The van der Waals surface area contributed by atoms with Crippen LogP contribution in [0.3, 0.4) is 0 Å². The molecule has 0 radical (unpaired) electrons. The molecule has 2 amide bonds. The van der Waals surface area contributed by atoms with Gasteiger partial charge in [-0.25, -0.2) is 9.96 Å². The Bertz CT molecular complexity index is 1050. The van der Waals surface area contributed by atoms with E-state index in [-0.39, 0.29) is 17.9 Å². The molecule has 0 aromatic heterocycles. The van der Waals surface area contributed by atoms with Crippen molar-refractivity contribution in [1.29, 1.82) is 0 Å². The maximum Gasteiger partial charge on any atom is 0.266 e. The third kappa shape index (κ3) is 2.82. The highest BCUT2D eigenvalue weighted by Gasteiger charge is 2.60. The monoisotopic (exact) mass is 384 g/mol. The number of imide groups is 1. The zero-order chi connectivity index (χ0) is 20.0. The fourth-order valence-corrected chi connectivity index (χ4v) is 4.15. The van der Waals surface area contributed by atoms with E-state index in [2.05, 4.69) is 0 Å². The van der Waals surface area contributed by atoms with E-state index in [0.29, 0.717) is 5.69 Å². The Morgan fingerprint density at radius 1 is 0.724 bits per heavy atom. The van der Waals surface area contributed by atoms with Crippen LogP contribution in [0.2, 0.25) is 0 Å². The molecule has 3 aromatic carbocycles. The molecule has 2 heterocycles. The number of hydrogen-bond donors (Lipinski definition) is 0. The highest BCUT2D eigenvalue weighted by atomic mass is 16.7. The Labute approximate surface area is 169 Å². The molecule has 29 heavy (non-hydrogen) atoms. The van der Waals surface area contributed by atoms with E-state index in [4.69, 9.17) is 4.84 Å². The van der Waals surface area contributed by atoms with Crippen LogP contribution in [-0.2, 0) is 14.4 Å². The largest absolute Gasteiger partial charge is 0.273 e. The molecular formula is C24H20N2O3. The summed E-state index contributed by atoms with van der Waals surface area (Å²) in [5.41, 5.74) is 3.41. The Morgan fingerprint density at radius 2 is 1.34 bits per heavy atom. The van der Waals surface area contributed by atoms with Crippen LogP contribution in [-0.4, -0.2) is 17.9 Å². The molecule has 3 atom stereocenters. The van der Waals surface area contributed by atoms with Gasteiger partial charge in [0.15, 0.2) is 6.10 Å². The SMILES string of the molecule is Cc1ccc(N2C(=O)[C@H]3[C@@H](ON(c4ccccc4)[C@H]3c3ccccc3)C2=O)cc1. The van der Waals surface area contributed by atoms with Crippen molar-refractivity contribution in [3.05, 3.63) is 96.1 Å². The number of fused-ring (bicyclic) bond motifs is 1. The summed E-state index contributed by atoms with van der Waals surface area (Å²) >= 11 is 0. The van der Waals surface area contributed by atoms with Gasteiger partial charge in [0.2, 0.25) is 5.91 Å². The topological polar surface area (TPSA) is 49.9 Å². The van der Waals surface area contributed by atoms with Gasteiger partial charge in [0.25, 0.3) is 5.91 Å². The zero-order valence-electron chi connectivity index (χ0n) is 15.9. The number of rotatable bonds is 3. The molecule has 0 unspecified atom stereocenters. The first kappa shape index (κ1) is 17.6. The van der Waals surface area contributed by atoms with Crippen molar-refractivity contribution in [2.24, 2.45) is 5.92 Å². The lowest BCUT2D eigenvalue weighted by atomic mass is 9.90. The number of hydrogen-bond acceptors (Lipinski definition) is 4. The molecule has 5 rings (SSSR count). The second-order valence-corrected chi connectivity index (χ2v) is 7.42. The standard InChI is InChI=1S/C24H20N2O3/c1-16-12-14-18(15-13-16)25-23(27)20-21(17-8-4-2-5-9-17)26(29-22(20)24(25)28)19-10-6-3-7-11-19/h2-15,20-22H,1H3/t20-,21+,22-/m1/s1. The number of carbonyl (C=O) groups is 2. The van der Waals surface area contributed by atoms with Crippen molar-refractivity contribution < 1.29 is 14.4 Å². The number of hydroxylamine groups is 1. The summed E-state index contributed by atoms with van der Waals surface area (Å²) in [5, 5.41) is 1.72. The van der Waals surface area contributed by atoms with Crippen molar-refractivity contribution in [2.75, 3.05) is 9.96 Å². The van der Waals surface area contributed by atoms with Crippen molar-refractivity contribution >= 4 is 23.2 Å². The molecular weight excluding hydrogens is 364 g/mol. The molecule has 0 bridgehead atoms. The molecule has 5 nitrogen and oxygen atoms in total. The van der Waals surface area contributed by atoms with Crippen LogP contribution in [0.1, 0.15) is 17.2 Å². The first-order chi connectivity index (χ1) is 14.1. The van der Waals surface area contributed by atoms with Crippen molar-refractivity contribution in [3.8, 4) is 0 Å². The number of amides is 2. The van der Waals surface area contributed by atoms with Gasteiger partial charge in [0, 0.05) is 0 Å². The summed E-state index contributed by atoms with van der Waals surface area (Å²) in [5.74, 6) is -1.15. The molecule has 5 heteroatoms. The molecule has 3 aromatic rings. The van der Waals surface area contributed by atoms with Crippen LogP contribution in [0.25, 0.3) is 0 Å². The van der Waals surface area contributed by atoms with Gasteiger partial charge in [-0.3, -0.25) is 14.4 Å². The number of anilines is 2. The predicted molar refractivity (Wildman–Crippen MR) is 110 cm³/mol. The number of carbonyl (C=O) groups excluding carboxylic acids is 2. The number of aryl methyl sites for hydroxylation is 1. The number of nitrogens with zero attached hydrogens (tertiary/aromatic N) is 2. The Kier molecular flexibility index (Phi) is 4.18. The highest BCUT2D eigenvalue weighted by molar-refractivity contribution is 6.23. The van der Waals surface area contributed by atoms with E-state index in [1.54, 1.807) is 17.2 Å². The fraction of sp³-hybridized carbons (Fsp3) is 0.167. The van der Waals surface area contributed by atoms with Gasteiger partial charge in [-0.15, -0.1) is 0 Å². The maximum atomic E-state index is 13.4. The number of para-hydroxylation sites is 1. The molecule has 2 aliphatic rings. The average molecular weight is 384 g/mol. The normalized spacial score (nSPS) is 23.6. The molecule has 0 spiro atoms. The first-order valence-electron chi connectivity index (χ1n) is 9.65. The van der Waals surface area contributed by atoms with Crippen LogP contribution in [0.15, 0.2) is 84.9 Å². The van der Waals surface area contributed by atoms with Gasteiger partial charge in [-0.05, 0) is 36.8 Å². The Balaban J connectivity index is 1.58. The molecule has 144 valence electrons. The van der Waals surface area contributed by atoms with Crippen LogP contribution in [0.4, 0.5) is 11.4 Å². The van der Waals surface area contributed by atoms with E-state index >= 15 is 0 Å². The average Bonchev–Trinajstić information content (AvgIpc) is 3.27. The number of benzene rings is 3. The van der Waals surface area contributed by atoms with Crippen molar-refractivity contribution in [1.82, 2.24) is 0 Å². The highest BCUT2D eigenvalue weighted by Crippen LogP contribution is 2.47. The second-order valence-electron chi connectivity index (χ2n) is 7.42. The lowest BCUT2D eigenvalue weighted by Gasteiger charge is -2.28. The van der Waals surface area contributed by atoms with Gasteiger partial charge in [0.1, 0.15) is 5.92 Å². The van der Waals surface area contributed by atoms with Crippen LogP contribution < -0.4 is 9.96 Å². The molecule has 0 N–H and O–H groups in total. The van der Waals surface area contributed by atoms with Crippen molar-refractivity contribution in [2.45, 2.75) is 19.1 Å². The molecule has 0 saturated carbocycles. The van der Waals surface area contributed by atoms with E-state index in [0.717, 1.165) is 16.8 Å². The van der Waals surface area contributed by atoms with Gasteiger partial charge in [-0.1, -0.05) is 66.2 Å². The third-order valence-corrected chi connectivity index (χ3v) is 5.56. The van der Waals surface area contributed by atoms with Crippen LogP contribution in [0, 0.1) is 12.8 Å². The quantitative estimate of drug-likeness (QED) is 0.640.